The zero-order chi connectivity index (χ0) is 11.2. The van der Waals surface area contributed by atoms with Gasteiger partial charge in [-0.25, -0.2) is 4.79 Å². The monoisotopic (exact) mass is 214 g/mol. The second-order valence-corrected chi connectivity index (χ2v) is 9.70. The van der Waals surface area contributed by atoms with Gasteiger partial charge in [0.1, 0.15) is 0 Å². The van der Waals surface area contributed by atoms with Crippen molar-refractivity contribution in [2.45, 2.75) is 46.3 Å². The third-order valence-electron chi connectivity index (χ3n) is 1.70. The maximum atomic E-state index is 11.4. The normalized spacial score (nSPS) is 12.8. The smallest absolute Gasteiger partial charge is 0.332 e. The Morgan fingerprint density at radius 1 is 1.36 bits per heavy atom. The van der Waals surface area contributed by atoms with E-state index in [1.165, 1.54) is 0 Å². The van der Waals surface area contributed by atoms with Crippen LogP contribution >= 0.6 is 0 Å². The van der Waals surface area contributed by atoms with Crippen LogP contribution in [0.5, 0.6) is 0 Å². The molecule has 0 saturated heterocycles. The fourth-order valence-corrected chi connectivity index (χ4v) is 2.55. The highest BCUT2D eigenvalue weighted by molar-refractivity contribution is 6.81. The molecular formula is C11H22O2Si. The van der Waals surface area contributed by atoms with E-state index in [-0.39, 0.29) is 5.97 Å². The minimum absolute atomic E-state index is 0.152. The first kappa shape index (κ1) is 13.4. The third kappa shape index (κ3) is 6.89. The largest absolute Gasteiger partial charge is 0.462 e. The molecular weight excluding hydrogens is 192 g/mol. The number of hydrogen-bond donors (Lipinski definition) is 0. The molecule has 0 spiro atoms. The van der Waals surface area contributed by atoms with Gasteiger partial charge in [0.2, 0.25) is 0 Å². The molecule has 0 atom stereocenters. The molecule has 0 aliphatic rings. The summed E-state index contributed by atoms with van der Waals surface area (Å²) in [6.45, 7) is 11.1. The highest BCUT2D eigenvalue weighted by atomic mass is 28.3. The molecule has 0 N–H and O–H groups in total. The minimum atomic E-state index is -1.29. The van der Waals surface area contributed by atoms with E-state index in [0.717, 1.165) is 18.4 Å². The Hall–Kier alpha value is -0.573. The maximum absolute atomic E-state index is 11.4. The standard InChI is InChI=1S/C11H22O2Si/c1-6-7-8-13-11(12)10(2)9-14(3,4)5/h9H,6-8H2,1-5H3. The van der Waals surface area contributed by atoms with E-state index in [4.69, 9.17) is 4.74 Å². The molecule has 0 fully saturated rings. The van der Waals surface area contributed by atoms with Gasteiger partial charge in [0.05, 0.1) is 14.7 Å². The van der Waals surface area contributed by atoms with E-state index >= 15 is 0 Å². The van der Waals surface area contributed by atoms with Gasteiger partial charge >= 0.3 is 5.97 Å². The Balaban J connectivity index is 4.06. The summed E-state index contributed by atoms with van der Waals surface area (Å²) in [7, 11) is -1.29. The van der Waals surface area contributed by atoms with Crippen LogP contribution in [0.1, 0.15) is 26.7 Å². The van der Waals surface area contributed by atoms with Gasteiger partial charge in [0.15, 0.2) is 0 Å². The molecule has 0 saturated carbocycles. The summed E-state index contributed by atoms with van der Waals surface area (Å²) in [4.78, 5) is 11.4. The van der Waals surface area contributed by atoms with Crippen LogP contribution < -0.4 is 0 Å². The van der Waals surface area contributed by atoms with Crippen molar-refractivity contribution in [3.05, 3.63) is 11.3 Å². The number of ether oxygens (including phenoxy) is 1. The molecule has 0 rings (SSSR count). The van der Waals surface area contributed by atoms with E-state index in [1.807, 2.05) is 6.92 Å². The first-order chi connectivity index (χ1) is 6.37. The molecule has 0 bridgehead atoms. The van der Waals surface area contributed by atoms with Crippen LogP contribution in [0.25, 0.3) is 0 Å². The van der Waals surface area contributed by atoms with Crippen LogP contribution in [0.15, 0.2) is 11.3 Å². The van der Waals surface area contributed by atoms with E-state index in [2.05, 4.69) is 32.3 Å². The number of rotatable bonds is 5. The molecule has 0 radical (unpaired) electrons. The molecule has 82 valence electrons. The Bertz CT molecular complexity index is 214. The lowest BCUT2D eigenvalue weighted by Crippen LogP contribution is -2.19. The highest BCUT2D eigenvalue weighted by Crippen LogP contribution is 2.08. The predicted molar refractivity (Wildman–Crippen MR) is 63.0 cm³/mol. The fourth-order valence-electron chi connectivity index (χ4n) is 1.13. The Morgan fingerprint density at radius 3 is 2.36 bits per heavy atom. The van der Waals surface area contributed by atoms with Crippen LogP contribution in [-0.4, -0.2) is 20.7 Å². The summed E-state index contributed by atoms with van der Waals surface area (Å²) in [5.41, 5.74) is 2.85. The number of unbranched alkanes of at least 4 members (excludes halogenated alkanes) is 1. The lowest BCUT2D eigenvalue weighted by molar-refractivity contribution is -0.139. The van der Waals surface area contributed by atoms with Crippen LogP contribution in [0.4, 0.5) is 0 Å². The van der Waals surface area contributed by atoms with Crippen LogP contribution in [-0.2, 0) is 9.53 Å². The second kappa shape index (κ2) is 6.01. The van der Waals surface area contributed by atoms with Crippen molar-refractivity contribution in [3.63, 3.8) is 0 Å². The summed E-state index contributed by atoms with van der Waals surface area (Å²) >= 11 is 0. The zero-order valence-corrected chi connectivity index (χ0v) is 11.0. The van der Waals surface area contributed by atoms with Gasteiger partial charge < -0.3 is 4.74 Å². The molecule has 0 aliphatic heterocycles. The minimum Gasteiger partial charge on any atom is -0.462 e. The first-order valence-corrected chi connectivity index (χ1v) is 8.81. The summed E-state index contributed by atoms with van der Waals surface area (Å²) in [5.74, 6) is -0.152. The van der Waals surface area contributed by atoms with Crippen LogP contribution in [0, 0.1) is 0 Å². The molecule has 0 aromatic rings. The Kier molecular flexibility index (Phi) is 5.77. The van der Waals surface area contributed by atoms with Gasteiger partial charge in [-0.05, 0) is 13.3 Å². The van der Waals surface area contributed by atoms with E-state index < -0.39 is 8.07 Å². The summed E-state index contributed by atoms with van der Waals surface area (Å²) in [6.07, 6.45) is 2.01. The fraction of sp³-hybridized carbons (Fsp3) is 0.727. The lowest BCUT2D eigenvalue weighted by Gasteiger charge is -2.11. The number of carbonyl (C=O) groups is 1. The average molecular weight is 214 g/mol. The zero-order valence-electron chi connectivity index (χ0n) is 10.0. The molecule has 0 amide bonds. The van der Waals surface area contributed by atoms with Gasteiger partial charge in [-0.2, -0.15) is 0 Å². The molecule has 0 heterocycles. The Labute approximate surface area is 88.4 Å². The first-order valence-electron chi connectivity index (χ1n) is 5.23. The van der Waals surface area contributed by atoms with Crippen molar-refractivity contribution in [1.82, 2.24) is 0 Å². The maximum Gasteiger partial charge on any atom is 0.332 e. The Morgan fingerprint density at radius 2 is 1.93 bits per heavy atom. The van der Waals surface area contributed by atoms with E-state index in [1.54, 1.807) is 0 Å². The number of carbonyl (C=O) groups excluding carboxylic acids is 1. The summed E-state index contributed by atoms with van der Waals surface area (Å²) < 4.78 is 5.11. The van der Waals surface area contributed by atoms with Crippen LogP contribution in [0.2, 0.25) is 19.6 Å². The van der Waals surface area contributed by atoms with Crippen molar-refractivity contribution >= 4 is 14.0 Å². The topological polar surface area (TPSA) is 26.3 Å². The molecule has 2 nitrogen and oxygen atoms in total. The van der Waals surface area contributed by atoms with Crippen molar-refractivity contribution in [3.8, 4) is 0 Å². The van der Waals surface area contributed by atoms with Gasteiger partial charge in [0, 0.05) is 5.57 Å². The van der Waals surface area contributed by atoms with Gasteiger partial charge in [0.25, 0.3) is 0 Å². The van der Waals surface area contributed by atoms with Gasteiger partial charge in [-0.15, -0.1) is 0 Å². The third-order valence-corrected chi connectivity index (χ3v) is 3.00. The molecule has 0 aromatic heterocycles. The summed E-state index contributed by atoms with van der Waals surface area (Å²) in [5, 5.41) is 0. The number of esters is 1. The average Bonchev–Trinajstić information content (AvgIpc) is 2.01. The SMILES string of the molecule is CCCCOC(=O)C(C)=C[Si](C)(C)C. The molecule has 14 heavy (non-hydrogen) atoms. The van der Waals surface area contributed by atoms with Gasteiger partial charge in [-0.1, -0.05) is 38.7 Å². The van der Waals surface area contributed by atoms with Crippen molar-refractivity contribution in [1.29, 1.82) is 0 Å². The van der Waals surface area contributed by atoms with Crippen molar-refractivity contribution in [2.75, 3.05) is 6.61 Å². The summed E-state index contributed by atoms with van der Waals surface area (Å²) in [6, 6.07) is 0. The van der Waals surface area contributed by atoms with Crippen molar-refractivity contribution in [2.24, 2.45) is 0 Å². The second-order valence-electron chi connectivity index (χ2n) is 4.68. The number of hydrogen-bond acceptors (Lipinski definition) is 2. The molecule has 0 aromatic carbocycles. The highest BCUT2D eigenvalue weighted by Gasteiger charge is 2.13. The molecule has 0 unspecified atom stereocenters. The quantitative estimate of drug-likeness (QED) is 0.304. The predicted octanol–water partition coefficient (Wildman–Crippen LogP) is 3.15. The molecule has 3 heteroatoms. The van der Waals surface area contributed by atoms with E-state index in [0.29, 0.717) is 6.61 Å². The van der Waals surface area contributed by atoms with Crippen LogP contribution in [0.3, 0.4) is 0 Å². The van der Waals surface area contributed by atoms with Gasteiger partial charge in [-0.3, -0.25) is 0 Å². The lowest BCUT2D eigenvalue weighted by atomic mass is 10.3. The van der Waals surface area contributed by atoms with E-state index in [9.17, 15) is 4.79 Å². The molecule has 0 aliphatic carbocycles. The van der Waals surface area contributed by atoms with Crippen molar-refractivity contribution < 1.29 is 9.53 Å².